The summed E-state index contributed by atoms with van der Waals surface area (Å²) in [6.45, 7) is 5.54. The molecule has 0 radical (unpaired) electrons. The van der Waals surface area contributed by atoms with Gasteiger partial charge in [0.05, 0.1) is 5.02 Å². The Hall–Kier alpha value is -2.93. The lowest BCUT2D eigenvalue weighted by Gasteiger charge is -2.10. The summed E-state index contributed by atoms with van der Waals surface area (Å²) in [4.78, 5) is 27.9. The maximum Gasteiger partial charge on any atom is 0.273 e. The topological polar surface area (TPSA) is 80.3 Å². The van der Waals surface area contributed by atoms with E-state index in [-0.39, 0.29) is 35.7 Å². The molecule has 0 bridgehead atoms. The Balaban J connectivity index is 1.68. The molecule has 0 aliphatic carbocycles. The lowest BCUT2D eigenvalue weighted by molar-refractivity contribution is -0.123. The van der Waals surface area contributed by atoms with Gasteiger partial charge in [0.15, 0.2) is 6.61 Å². The Labute approximate surface area is 161 Å². The molecule has 1 heterocycles. The maximum absolute atomic E-state index is 13.3. The summed E-state index contributed by atoms with van der Waals surface area (Å²) in [6.07, 6.45) is 0.346. The number of rotatable bonds is 8. The standard InChI is InChI=1S/C19H19ClFN3O3/c1-12-4-3-5-17(23-12)19(26)24-13(2)8-9-22-18(25)11-27-14-6-7-15(20)16(21)10-14/h3-7,10H,2,8-9,11H2,1H3,(H,22,25)(H,24,26). The predicted octanol–water partition coefficient (Wildman–Crippen LogP) is 3.01. The largest absolute Gasteiger partial charge is 0.484 e. The molecule has 8 heteroatoms. The van der Waals surface area contributed by atoms with Crippen LogP contribution in [0.1, 0.15) is 22.6 Å². The first kappa shape index (κ1) is 20.4. The number of nitrogens with zero attached hydrogens (tertiary/aromatic N) is 1. The Morgan fingerprint density at radius 1 is 1.30 bits per heavy atom. The molecule has 0 saturated carbocycles. The second kappa shape index (κ2) is 9.68. The van der Waals surface area contributed by atoms with Gasteiger partial charge in [-0.05, 0) is 31.2 Å². The highest BCUT2D eigenvalue weighted by molar-refractivity contribution is 6.30. The normalized spacial score (nSPS) is 10.2. The molecule has 2 amide bonds. The number of aryl methyl sites for hydroxylation is 1. The zero-order chi connectivity index (χ0) is 19.8. The van der Waals surface area contributed by atoms with Crippen LogP contribution in [0, 0.1) is 12.7 Å². The van der Waals surface area contributed by atoms with Crippen molar-refractivity contribution >= 4 is 23.4 Å². The summed E-state index contributed by atoms with van der Waals surface area (Å²) in [6, 6.07) is 9.06. The van der Waals surface area contributed by atoms with Crippen molar-refractivity contribution in [1.29, 1.82) is 0 Å². The van der Waals surface area contributed by atoms with Gasteiger partial charge in [-0.2, -0.15) is 0 Å². The fourth-order valence-corrected chi connectivity index (χ4v) is 2.19. The molecule has 0 atom stereocenters. The zero-order valence-electron chi connectivity index (χ0n) is 14.7. The first-order valence-corrected chi connectivity index (χ1v) is 8.50. The molecule has 2 N–H and O–H groups in total. The van der Waals surface area contributed by atoms with E-state index in [1.807, 2.05) is 0 Å². The molecule has 0 unspecified atom stereocenters. The van der Waals surface area contributed by atoms with Gasteiger partial charge in [-0.15, -0.1) is 0 Å². The van der Waals surface area contributed by atoms with E-state index in [2.05, 4.69) is 22.2 Å². The van der Waals surface area contributed by atoms with Gasteiger partial charge >= 0.3 is 0 Å². The second-order valence-electron chi connectivity index (χ2n) is 5.69. The molecule has 0 fully saturated rings. The lowest BCUT2D eigenvalue weighted by Crippen LogP contribution is -2.31. The molecule has 142 valence electrons. The average Bonchev–Trinajstić information content (AvgIpc) is 2.62. The van der Waals surface area contributed by atoms with Gasteiger partial charge in [0, 0.05) is 30.4 Å². The van der Waals surface area contributed by atoms with E-state index in [1.54, 1.807) is 25.1 Å². The highest BCUT2D eigenvalue weighted by atomic mass is 35.5. The lowest BCUT2D eigenvalue weighted by atomic mass is 10.2. The summed E-state index contributed by atoms with van der Waals surface area (Å²) in [5, 5.41) is 5.23. The average molecular weight is 392 g/mol. The predicted molar refractivity (Wildman–Crippen MR) is 100 cm³/mol. The van der Waals surface area contributed by atoms with Crippen LogP contribution >= 0.6 is 11.6 Å². The van der Waals surface area contributed by atoms with Gasteiger partial charge < -0.3 is 15.4 Å². The highest BCUT2D eigenvalue weighted by Crippen LogP contribution is 2.20. The van der Waals surface area contributed by atoms with E-state index < -0.39 is 5.82 Å². The van der Waals surface area contributed by atoms with E-state index in [9.17, 15) is 14.0 Å². The van der Waals surface area contributed by atoms with Crippen LogP contribution in [-0.2, 0) is 4.79 Å². The molecule has 0 aliphatic rings. The van der Waals surface area contributed by atoms with Gasteiger partial charge in [-0.1, -0.05) is 24.2 Å². The molecular formula is C19H19ClFN3O3. The van der Waals surface area contributed by atoms with Crippen molar-refractivity contribution in [2.75, 3.05) is 13.2 Å². The number of benzene rings is 1. The third kappa shape index (κ3) is 6.71. The number of hydrogen-bond donors (Lipinski definition) is 2. The Morgan fingerprint density at radius 2 is 2.07 bits per heavy atom. The quantitative estimate of drug-likeness (QED) is 0.724. The number of amides is 2. The molecule has 2 aromatic rings. The molecule has 6 nitrogen and oxygen atoms in total. The van der Waals surface area contributed by atoms with E-state index in [0.29, 0.717) is 17.8 Å². The van der Waals surface area contributed by atoms with E-state index in [4.69, 9.17) is 16.3 Å². The van der Waals surface area contributed by atoms with Crippen LogP contribution in [0.3, 0.4) is 0 Å². The van der Waals surface area contributed by atoms with E-state index in [0.717, 1.165) is 11.8 Å². The van der Waals surface area contributed by atoms with Gasteiger partial charge in [-0.3, -0.25) is 9.59 Å². The Morgan fingerprint density at radius 3 is 2.78 bits per heavy atom. The Bertz CT molecular complexity index is 858. The monoisotopic (exact) mass is 391 g/mol. The third-order valence-electron chi connectivity index (χ3n) is 3.42. The first-order valence-electron chi connectivity index (χ1n) is 8.12. The third-order valence-corrected chi connectivity index (χ3v) is 3.73. The minimum atomic E-state index is -0.621. The fourth-order valence-electron chi connectivity index (χ4n) is 2.08. The summed E-state index contributed by atoms with van der Waals surface area (Å²) >= 11 is 5.57. The van der Waals surface area contributed by atoms with E-state index >= 15 is 0 Å². The van der Waals surface area contributed by atoms with Crippen LogP contribution in [0.2, 0.25) is 5.02 Å². The van der Waals surface area contributed by atoms with Gasteiger partial charge in [0.2, 0.25) is 0 Å². The minimum Gasteiger partial charge on any atom is -0.484 e. The number of ether oxygens (including phenoxy) is 1. The molecule has 2 rings (SSSR count). The maximum atomic E-state index is 13.3. The van der Waals surface area contributed by atoms with Crippen LogP contribution in [0.4, 0.5) is 4.39 Å². The summed E-state index contributed by atoms with van der Waals surface area (Å²) in [7, 11) is 0. The number of aromatic nitrogens is 1. The number of halogens is 2. The van der Waals surface area contributed by atoms with Crippen LogP contribution < -0.4 is 15.4 Å². The first-order chi connectivity index (χ1) is 12.8. The second-order valence-corrected chi connectivity index (χ2v) is 6.09. The SMILES string of the molecule is C=C(CCNC(=O)COc1ccc(Cl)c(F)c1)NC(=O)c1cccc(C)n1. The van der Waals surface area contributed by atoms with Crippen molar-refractivity contribution in [1.82, 2.24) is 15.6 Å². The summed E-state index contributed by atoms with van der Waals surface area (Å²) < 4.78 is 18.5. The number of hydrogen-bond acceptors (Lipinski definition) is 4. The van der Waals surface area contributed by atoms with Gasteiger partial charge in [0.25, 0.3) is 11.8 Å². The van der Waals surface area contributed by atoms with Crippen LogP contribution in [0.15, 0.2) is 48.7 Å². The van der Waals surface area contributed by atoms with Crippen molar-refractivity contribution in [2.24, 2.45) is 0 Å². The number of pyridine rings is 1. The van der Waals surface area contributed by atoms with Gasteiger partial charge in [0.1, 0.15) is 17.3 Å². The van der Waals surface area contributed by atoms with Crippen molar-refractivity contribution in [3.05, 3.63) is 70.9 Å². The van der Waals surface area contributed by atoms with Crippen molar-refractivity contribution in [2.45, 2.75) is 13.3 Å². The smallest absolute Gasteiger partial charge is 0.273 e. The zero-order valence-corrected chi connectivity index (χ0v) is 15.5. The molecule has 1 aromatic heterocycles. The van der Waals surface area contributed by atoms with Crippen LogP contribution in [0.25, 0.3) is 0 Å². The highest BCUT2D eigenvalue weighted by Gasteiger charge is 2.09. The van der Waals surface area contributed by atoms with E-state index in [1.165, 1.54) is 12.1 Å². The Kier molecular flexibility index (Phi) is 7.31. The summed E-state index contributed by atoms with van der Waals surface area (Å²) in [5.41, 5.74) is 1.48. The van der Waals surface area contributed by atoms with Crippen molar-refractivity contribution in [3.8, 4) is 5.75 Å². The molecule has 27 heavy (non-hydrogen) atoms. The number of carbonyl (C=O) groups is 2. The molecule has 0 saturated heterocycles. The molecule has 0 spiro atoms. The summed E-state index contributed by atoms with van der Waals surface area (Å²) in [5.74, 6) is -1.16. The number of nitrogens with one attached hydrogen (secondary N) is 2. The van der Waals surface area contributed by atoms with Crippen LogP contribution in [0.5, 0.6) is 5.75 Å². The van der Waals surface area contributed by atoms with Crippen molar-refractivity contribution in [3.63, 3.8) is 0 Å². The molecule has 0 aliphatic heterocycles. The molecular weight excluding hydrogens is 373 g/mol. The number of carbonyl (C=O) groups excluding carboxylic acids is 2. The molecule has 1 aromatic carbocycles. The minimum absolute atomic E-state index is 0.0202. The van der Waals surface area contributed by atoms with Crippen LogP contribution in [-0.4, -0.2) is 29.9 Å². The van der Waals surface area contributed by atoms with Crippen molar-refractivity contribution < 1.29 is 18.7 Å². The fraction of sp³-hybridized carbons (Fsp3) is 0.211. The van der Waals surface area contributed by atoms with Gasteiger partial charge in [-0.25, -0.2) is 9.37 Å².